The topological polar surface area (TPSA) is 43.1 Å². The van der Waals surface area contributed by atoms with Crippen LogP contribution in [0.1, 0.15) is 21.8 Å². The maximum atomic E-state index is 11.9. The normalized spacial score (nSPS) is 10.6. The molecule has 0 saturated carbocycles. The first kappa shape index (κ1) is 13.2. The zero-order valence-electron chi connectivity index (χ0n) is 10.1. The summed E-state index contributed by atoms with van der Waals surface area (Å²) in [6, 6.07) is 6.85. The summed E-state index contributed by atoms with van der Waals surface area (Å²) in [5, 5.41) is 1.16. The van der Waals surface area contributed by atoms with E-state index in [-0.39, 0.29) is 5.78 Å². The molecule has 0 bridgehead atoms. The number of oxazole rings is 1. The van der Waals surface area contributed by atoms with Crippen LogP contribution in [0.25, 0.3) is 0 Å². The van der Waals surface area contributed by atoms with Gasteiger partial charge >= 0.3 is 0 Å². The van der Waals surface area contributed by atoms with Gasteiger partial charge < -0.3 is 4.42 Å². The molecule has 0 saturated heterocycles. The highest BCUT2D eigenvalue weighted by molar-refractivity contribution is 7.99. The average molecular weight is 282 g/mol. The molecule has 0 fully saturated rings. The Morgan fingerprint density at radius 3 is 2.56 bits per heavy atom. The maximum Gasteiger partial charge on any atom is 0.256 e. The van der Waals surface area contributed by atoms with Crippen molar-refractivity contribution in [1.29, 1.82) is 0 Å². The second-order valence-corrected chi connectivity index (χ2v) is 5.20. The van der Waals surface area contributed by atoms with Gasteiger partial charge in [0.25, 0.3) is 5.22 Å². The molecule has 0 aliphatic heterocycles. The van der Waals surface area contributed by atoms with E-state index in [0.717, 1.165) is 11.5 Å². The quantitative estimate of drug-likeness (QED) is 0.629. The van der Waals surface area contributed by atoms with Crippen molar-refractivity contribution in [2.75, 3.05) is 5.75 Å². The third-order valence-electron chi connectivity index (χ3n) is 2.50. The summed E-state index contributed by atoms with van der Waals surface area (Å²) in [6.07, 6.45) is 0. The van der Waals surface area contributed by atoms with Crippen molar-refractivity contribution in [2.45, 2.75) is 19.1 Å². The Labute approximate surface area is 115 Å². The van der Waals surface area contributed by atoms with Crippen molar-refractivity contribution in [1.82, 2.24) is 4.98 Å². The lowest BCUT2D eigenvalue weighted by atomic mass is 10.1. The van der Waals surface area contributed by atoms with E-state index in [1.54, 1.807) is 24.3 Å². The van der Waals surface area contributed by atoms with Gasteiger partial charge in [-0.25, -0.2) is 4.98 Å². The largest absolute Gasteiger partial charge is 0.437 e. The van der Waals surface area contributed by atoms with E-state index in [1.165, 1.54) is 11.8 Å². The number of carbonyl (C=O) groups is 1. The van der Waals surface area contributed by atoms with Crippen molar-refractivity contribution in [3.8, 4) is 0 Å². The Balaban J connectivity index is 1.98. The van der Waals surface area contributed by atoms with E-state index in [2.05, 4.69) is 4.98 Å². The number of rotatable bonds is 4. The fourth-order valence-electron chi connectivity index (χ4n) is 1.35. The molecule has 0 N–H and O–H groups in total. The molecule has 1 heterocycles. The lowest BCUT2D eigenvalue weighted by molar-refractivity contribution is 0.102. The van der Waals surface area contributed by atoms with Crippen LogP contribution in [0.3, 0.4) is 0 Å². The summed E-state index contributed by atoms with van der Waals surface area (Å²) in [6.45, 7) is 3.73. The second kappa shape index (κ2) is 5.59. The van der Waals surface area contributed by atoms with Gasteiger partial charge in [-0.15, -0.1) is 0 Å². The molecule has 94 valence electrons. The van der Waals surface area contributed by atoms with E-state index in [1.807, 2.05) is 13.8 Å². The van der Waals surface area contributed by atoms with Gasteiger partial charge in [-0.1, -0.05) is 23.4 Å². The van der Waals surface area contributed by atoms with Crippen molar-refractivity contribution in [2.24, 2.45) is 0 Å². The molecule has 1 aromatic heterocycles. The van der Waals surface area contributed by atoms with Crippen LogP contribution in [0.4, 0.5) is 0 Å². The van der Waals surface area contributed by atoms with E-state index in [9.17, 15) is 4.79 Å². The smallest absolute Gasteiger partial charge is 0.256 e. The van der Waals surface area contributed by atoms with Crippen LogP contribution in [-0.4, -0.2) is 16.5 Å². The molecule has 0 atom stereocenters. The number of carbonyl (C=O) groups excluding carboxylic acids is 1. The van der Waals surface area contributed by atoms with Gasteiger partial charge in [0.1, 0.15) is 5.76 Å². The minimum atomic E-state index is 0.0326. The molecule has 2 aromatic rings. The highest BCUT2D eigenvalue weighted by Crippen LogP contribution is 2.21. The number of ketones is 1. The first-order chi connectivity index (χ1) is 8.56. The summed E-state index contributed by atoms with van der Waals surface area (Å²) >= 11 is 7.07. The Hall–Kier alpha value is -1.26. The number of aryl methyl sites for hydroxylation is 2. The van der Waals surface area contributed by atoms with Crippen molar-refractivity contribution < 1.29 is 9.21 Å². The second-order valence-electron chi connectivity index (χ2n) is 3.84. The third-order valence-corrected chi connectivity index (χ3v) is 3.58. The summed E-state index contributed by atoms with van der Waals surface area (Å²) < 4.78 is 5.40. The van der Waals surface area contributed by atoms with Crippen molar-refractivity contribution in [3.63, 3.8) is 0 Å². The number of benzene rings is 1. The Morgan fingerprint density at radius 1 is 1.33 bits per heavy atom. The zero-order chi connectivity index (χ0) is 13.1. The fourth-order valence-corrected chi connectivity index (χ4v) is 2.28. The molecule has 0 amide bonds. The number of thioether (sulfide) groups is 1. The van der Waals surface area contributed by atoms with Crippen LogP contribution in [0.5, 0.6) is 0 Å². The summed E-state index contributed by atoms with van der Waals surface area (Å²) in [5.74, 6) is 1.13. The standard InChI is InChI=1S/C13H12ClNO2S/c1-8-9(2)17-13(15-8)18-7-12(16)10-3-5-11(14)6-4-10/h3-6H,7H2,1-2H3. The van der Waals surface area contributed by atoms with Crippen LogP contribution in [0, 0.1) is 13.8 Å². The van der Waals surface area contributed by atoms with E-state index in [4.69, 9.17) is 16.0 Å². The number of hydrogen-bond acceptors (Lipinski definition) is 4. The molecule has 1 aromatic carbocycles. The highest BCUT2D eigenvalue weighted by Gasteiger charge is 2.10. The summed E-state index contributed by atoms with van der Waals surface area (Å²) in [4.78, 5) is 16.1. The molecular weight excluding hydrogens is 270 g/mol. The Kier molecular flexibility index (Phi) is 4.09. The van der Waals surface area contributed by atoms with Crippen LogP contribution in [-0.2, 0) is 0 Å². The van der Waals surface area contributed by atoms with E-state index < -0.39 is 0 Å². The maximum absolute atomic E-state index is 11.9. The zero-order valence-corrected chi connectivity index (χ0v) is 11.6. The van der Waals surface area contributed by atoms with Crippen molar-refractivity contribution >= 4 is 29.1 Å². The molecular formula is C13H12ClNO2S. The molecule has 5 heteroatoms. The first-order valence-corrected chi connectivity index (χ1v) is 6.78. The van der Waals surface area contributed by atoms with Crippen LogP contribution < -0.4 is 0 Å². The fraction of sp³-hybridized carbons (Fsp3) is 0.231. The number of aromatic nitrogens is 1. The molecule has 2 rings (SSSR count). The molecule has 0 spiro atoms. The number of hydrogen-bond donors (Lipinski definition) is 0. The van der Waals surface area contributed by atoms with Gasteiger partial charge in [0.2, 0.25) is 0 Å². The van der Waals surface area contributed by atoms with Gasteiger partial charge in [-0.2, -0.15) is 0 Å². The SMILES string of the molecule is Cc1nc(SCC(=O)c2ccc(Cl)cc2)oc1C. The monoisotopic (exact) mass is 281 g/mol. The first-order valence-electron chi connectivity index (χ1n) is 5.42. The van der Waals surface area contributed by atoms with Crippen LogP contribution >= 0.6 is 23.4 Å². The van der Waals surface area contributed by atoms with Crippen LogP contribution in [0.2, 0.25) is 5.02 Å². The lowest BCUT2D eigenvalue weighted by Crippen LogP contribution is -2.01. The number of nitrogens with zero attached hydrogens (tertiary/aromatic N) is 1. The molecule has 0 unspecified atom stereocenters. The molecule has 18 heavy (non-hydrogen) atoms. The van der Waals surface area contributed by atoms with Crippen molar-refractivity contribution in [3.05, 3.63) is 46.3 Å². The highest BCUT2D eigenvalue weighted by atomic mass is 35.5. The van der Waals surface area contributed by atoms with Crippen LogP contribution in [0.15, 0.2) is 33.9 Å². The third kappa shape index (κ3) is 3.15. The number of Topliss-reactive ketones (excluding diaryl/α,β-unsaturated/α-hetero) is 1. The summed E-state index contributed by atoms with van der Waals surface area (Å²) in [7, 11) is 0. The predicted molar refractivity (Wildman–Crippen MR) is 72.5 cm³/mol. The van der Waals surface area contributed by atoms with Gasteiger partial charge in [-0.3, -0.25) is 4.79 Å². The van der Waals surface area contributed by atoms with E-state index in [0.29, 0.717) is 21.6 Å². The molecule has 0 radical (unpaired) electrons. The minimum absolute atomic E-state index is 0.0326. The average Bonchev–Trinajstić information content (AvgIpc) is 2.67. The number of halogens is 1. The minimum Gasteiger partial charge on any atom is -0.437 e. The summed E-state index contributed by atoms with van der Waals surface area (Å²) in [5.41, 5.74) is 1.50. The van der Waals surface area contributed by atoms with Gasteiger partial charge in [0, 0.05) is 10.6 Å². The van der Waals surface area contributed by atoms with Gasteiger partial charge in [-0.05, 0) is 38.1 Å². The molecule has 0 aliphatic rings. The van der Waals surface area contributed by atoms with Gasteiger partial charge in [0.05, 0.1) is 11.4 Å². The van der Waals surface area contributed by atoms with Gasteiger partial charge in [0.15, 0.2) is 5.78 Å². The molecule has 3 nitrogen and oxygen atoms in total. The Bertz CT molecular complexity index is 543. The predicted octanol–water partition coefficient (Wildman–Crippen LogP) is 3.92. The molecule has 0 aliphatic carbocycles. The lowest BCUT2D eigenvalue weighted by Gasteiger charge is -1.99. The Morgan fingerprint density at radius 2 is 2.00 bits per heavy atom. The van der Waals surface area contributed by atoms with E-state index >= 15 is 0 Å².